The van der Waals surface area contributed by atoms with E-state index in [1.165, 1.54) is 37.2 Å². The summed E-state index contributed by atoms with van der Waals surface area (Å²) >= 11 is 1.75. The SMILES string of the molecule is O=C(CS(=O)c1ccccc1)NCCCOc1csc(CN2CCCCC2)c1. The number of rotatable bonds is 10. The Kier molecular flexibility index (Phi) is 8.51. The van der Waals surface area contributed by atoms with Crippen molar-refractivity contribution in [1.29, 1.82) is 0 Å². The van der Waals surface area contributed by atoms with Gasteiger partial charge >= 0.3 is 0 Å². The van der Waals surface area contributed by atoms with Crippen molar-refractivity contribution in [3.63, 3.8) is 0 Å². The molecule has 1 aliphatic rings. The van der Waals surface area contributed by atoms with Gasteiger partial charge in [-0.3, -0.25) is 13.9 Å². The summed E-state index contributed by atoms with van der Waals surface area (Å²) in [5.41, 5.74) is 0. The highest BCUT2D eigenvalue weighted by molar-refractivity contribution is 7.85. The summed E-state index contributed by atoms with van der Waals surface area (Å²) in [7, 11) is -1.30. The van der Waals surface area contributed by atoms with Gasteiger partial charge in [0, 0.05) is 28.2 Å². The molecule has 152 valence electrons. The Morgan fingerprint density at radius 2 is 1.96 bits per heavy atom. The summed E-state index contributed by atoms with van der Waals surface area (Å²) in [5, 5.41) is 4.87. The third kappa shape index (κ3) is 7.04. The van der Waals surface area contributed by atoms with Gasteiger partial charge in [0.15, 0.2) is 0 Å². The van der Waals surface area contributed by atoms with Gasteiger partial charge < -0.3 is 10.1 Å². The first-order valence-corrected chi connectivity index (χ1v) is 12.0. The van der Waals surface area contributed by atoms with Crippen LogP contribution in [0.4, 0.5) is 0 Å². The second-order valence-corrected chi connectivity index (χ2v) is 9.39. The maximum absolute atomic E-state index is 12.1. The summed E-state index contributed by atoms with van der Waals surface area (Å²) in [6.07, 6.45) is 4.69. The number of likely N-dealkylation sites (tertiary alicyclic amines) is 1. The third-order valence-corrected chi connectivity index (χ3v) is 6.86. The van der Waals surface area contributed by atoms with Crippen molar-refractivity contribution in [1.82, 2.24) is 10.2 Å². The average Bonchev–Trinajstić information content (AvgIpc) is 3.16. The Bertz CT molecular complexity index is 758. The van der Waals surface area contributed by atoms with Gasteiger partial charge in [-0.2, -0.15) is 0 Å². The number of thiophene rings is 1. The minimum atomic E-state index is -1.30. The molecular formula is C21H28N2O3S2. The highest BCUT2D eigenvalue weighted by atomic mass is 32.2. The van der Waals surface area contributed by atoms with Crippen LogP contribution < -0.4 is 10.1 Å². The Labute approximate surface area is 173 Å². The molecule has 1 amide bonds. The van der Waals surface area contributed by atoms with E-state index < -0.39 is 10.8 Å². The molecule has 1 aromatic heterocycles. The first-order chi connectivity index (χ1) is 13.7. The zero-order valence-electron chi connectivity index (χ0n) is 16.1. The van der Waals surface area contributed by atoms with Crippen molar-refractivity contribution in [2.45, 2.75) is 37.1 Å². The second kappa shape index (κ2) is 11.3. The lowest BCUT2D eigenvalue weighted by Gasteiger charge is -2.25. The molecule has 0 aliphatic carbocycles. The summed E-state index contributed by atoms with van der Waals surface area (Å²) in [6.45, 7) is 4.49. The fourth-order valence-corrected chi connectivity index (χ4v) is 4.99. The Morgan fingerprint density at radius 1 is 1.18 bits per heavy atom. The lowest BCUT2D eigenvalue weighted by molar-refractivity contribution is -0.118. The number of nitrogens with one attached hydrogen (secondary N) is 1. The largest absolute Gasteiger partial charge is 0.493 e. The number of piperidine rings is 1. The molecule has 1 atom stereocenters. The van der Waals surface area contributed by atoms with Crippen molar-refractivity contribution in [2.24, 2.45) is 0 Å². The van der Waals surface area contributed by atoms with Crippen LogP contribution in [0, 0.1) is 0 Å². The third-order valence-electron chi connectivity index (χ3n) is 4.64. The monoisotopic (exact) mass is 420 g/mol. The highest BCUT2D eigenvalue weighted by Gasteiger charge is 2.12. The van der Waals surface area contributed by atoms with Gasteiger partial charge in [-0.1, -0.05) is 24.6 Å². The van der Waals surface area contributed by atoms with Crippen LogP contribution in [0.3, 0.4) is 0 Å². The minimum absolute atomic E-state index is 0.00470. The van der Waals surface area contributed by atoms with Crippen LogP contribution >= 0.6 is 11.3 Å². The van der Waals surface area contributed by atoms with E-state index in [2.05, 4.69) is 21.7 Å². The number of amides is 1. The number of ether oxygens (including phenoxy) is 1. The molecule has 0 radical (unpaired) electrons. The predicted molar refractivity (Wildman–Crippen MR) is 114 cm³/mol. The number of hydrogen-bond donors (Lipinski definition) is 1. The quantitative estimate of drug-likeness (QED) is 0.599. The van der Waals surface area contributed by atoms with Crippen LogP contribution in [0.5, 0.6) is 5.75 Å². The molecule has 0 bridgehead atoms. The van der Waals surface area contributed by atoms with Gasteiger partial charge in [-0.05, 0) is 50.6 Å². The van der Waals surface area contributed by atoms with E-state index in [4.69, 9.17) is 4.74 Å². The van der Waals surface area contributed by atoms with Gasteiger partial charge in [0.05, 0.1) is 17.4 Å². The van der Waals surface area contributed by atoms with E-state index in [0.29, 0.717) is 18.0 Å². The van der Waals surface area contributed by atoms with Crippen LogP contribution in [0.25, 0.3) is 0 Å². The van der Waals surface area contributed by atoms with Crippen molar-refractivity contribution in [2.75, 3.05) is 32.0 Å². The topological polar surface area (TPSA) is 58.6 Å². The van der Waals surface area contributed by atoms with Crippen LogP contribution in [-0.2, 0) is 22.1 Å². The van der Waals surface area contributed by atoms with Crippen LogP contribution in [-0.4, -0.2) is 47.0 Å². The zero-order chi connectivity index (χ0) is 19.6. The smallest absolute Gasteiger partial charge is 0.233 e. The van der Waals surface area contributed by atoms with Gasteiger partial charge in [-0.15, -0.1) is 11.3 Å². The minimum Gasteiger partial charge on any atom is -0.493 e. The van der Waals surface area contributed by atoms with Crippen molar-refractivity contribution < 1.29 is 13.7 Å². The van der Waals surface area contributed by atoms with Gasteiger partial charge in [0.25, 0.3) is 0 Å². The molecule has 1 saturated heterocycles. The molecule has 7 heteroatoms. The highest BCUT2D eigenvalue weighted by Crippen LogP contribution is 2.24. The maximum Gasteiger partial charge on any atom is 0.233 e. The molecular weight excluding hydrogens is 392 g/mol. The number of hydrogen-bond acceptors (Lipinski definition) is 5. The number of carbonyl (C=O) groups is 1. The Hall–Kier alpha value is -1.70. The summed E-state index contributed by atoms with van der Waals surface area (Å²) in [5.74, 6) is 0.713. The number of nitrogens with zero attached hydrogens (tertiary/aromatic N) is 1. The molecule has 1 aliphatic heterocycles. The Morgan fingerprint density at radius 3 is 2.75 bits per heavy atom. The molecule has 5 nitrogen and oxygen atoms in total. The molecule has 28 heavy (non-hydrogen) atoms. The average molecular weight is 421 g/mol. The lowest BCUT2D eigenvalue weighted by Crippen LogP contribution is -2.29. The first kappa shape index (κ1) is 21.0. The number of carbonyl (C=O) groups excluding carboxylic acids is 1. The zero-order valence-corrected chi connectivity index (χ0v) is 17.7. The first-order valence-electron chi connectivity index (χ1n) is 9.83. The molecule has 1 fully saturated rings. The summed E-state index contributed by atoms with van der Waals surface area (Å²) in [6, 6.07) is 11.2. The maximum atomic E-state index is 12.1. The van der Waals surface area contributed by atoms with Crippen molar-refractivity contribution in [3.05, 3.63) is 46.7 Å². The predicted octanol–water partition coefficient (Wildman–Crippen LogP) is 3.43. The molecule has 0 saturated carbocycles. The van der Waals surface area contributed by atoms with E-state index in [-0.39, 0.29) is 11.7 Å². The number of benzene rings is 1. The van der Waals surface area contributed by atoms with Crippen LogP contribution in [0.1, 0.15) is 30.6 Å². The van der Waals surface area contributed by atoms with Crippen molar-refractivity contribution >= 4 is 28.0 Å². The Balaban J connectivity index is 1.28. The molecule has 2 aromatic rings. The van der Waals surface area contributed by atoms with Crippen LogP contribution in [0.15, 0.2) is 46.7 Å². The van der Waals surface area contributed by atoms with Gasteiger partial charge in [-0.25, -0.2) is 0 Å². The van der Waals surface area contributed by atoms with E-state index in [9.17, 15) is 9.00 Å². The van der Waals surface area contributed by atoms with Crippen LogP contribution in [0.2, 0.25) is 0 Å². The fraction of sp³-hybridized carbons (Fsp3) is 0.476. The van der Waals surface area contributed by atoms with E-state index in [0.717, 1.165) is 18.7 Å². The normalized spacial score (nSPS) is 15.9. The molecule has 1 N–H and O–H groups in total. The van der Waals surface area contributed by atoms with Crippen molar-refractivity contribution in [3.8, 4) is 5.75 Å². The summed E-state index contributed by atoms with van der Waals surface area (Å²) < 4.78 is 17.9. The summed E-state index contributed by atoms with van der Waals surface area (Å²) in [4.78, 5) is 16.4. The van der Waals surface area contributed by atoms with E-state index in [1.54, 1.807) is 23.5 Å². The van der Waals surface area contributed by atoms with E-state index >= 15 is 0 Å². The van der Waals surface area contributed by atoms with Gasteiger partial charge in [0.2, 0.25) is 5.91 Å². The lowest BCUT2D eigenvalue weighted by atomic mass is 10.1. The van der Waals surface area contributed by atoms with Gasteiger partial charge in [0.1, 0.15) is 11.5 Å². The molecule has 3 rings (SSSR count). The molecule has 1 unspecified atom stereocenters. The molecule has 0 spiro atoms. The standard InChI is InChI=1S/C21H28N2O3S2/c24-21(17-28(25)20-8-3-1-4-9-20)22-10-7-13-26-18-14-19(27-16-18)15-23-11-5-2-6-12-23/h1,3-4,8-9,14,16H,2,5-7,10-13,15,17H2,(H,22,24). The molecule has 2 heterocycles. The molecule has 1 aromatic carbocycles. The van der Waals surface area contributed by atoms with E-state index in [1.807, 2.05) is 18.2 Å². The fourth-order valence-electron chi connectivity index (χ4n) is 3.17. The second-order valence-electron chi connectivity index (χ2n) is 6.94.